The summed E-state index contributed by atoms with van der Waals surface area (Å²) in [7, 11) is 0. The lowest BCUT2D eigenvalue weighted by atomic mass is 10.1. The summed E-state index contributed by atoms with van der Waals surface area (Å²) in [4.78, 5) is 0. The third-order valence-electron chi connectivity index (χ3n) is 1.77. The summed E-state index contributed by atoms with van der Waals surface area (Å²) in [5.41, 5.74) is 8.82. The fourth-order valence-corrected chi connectivity index (χ4v) is 1.44. The van der Waals surface area contributed by atoms with Gasteiger partial charge < -0.3 is 5.73 Å². The van der Waals surface area contributed by atoms with Crippen molar-refractivity contribution in [2.24, 2.45) is 5.73 Å². The van der Waals surface area contributed by atoms with E-state index in [9.17, 15) is 0 Å². The van der Waals surface area contributed by atoms with Gasteiger partial charge in [0, 0.05) is 6.54 Å². The zero-order valence-corrected chi connectivity index (χ0v) is 8.73. The van der Waals surface area contributed by atoms with Crippen LogP contribution >= 0.6 is 11.6 Å². The third-order valence-corrected chi connectivity index (χ3v) is 2.23. The number of hydrogen-bond acceptors (Lipinski definition) is 1. The van der Waals surface area contributed by atoms with Crippen LogP contribution in [0.1, 0.15) is 25.0 Å². The first-order chi connectivity index (χ1) is 6.15. The molecule has 1 aromatic carbocycles. The quantitative estimate of drug-likeness (QED) is 0.771. The third kappa shape index (κ3) is 2.58. The Labute approximate surface area is 84.2 Å². The van der Waals surface area contributed by atoms with E-state index in [2.05, 4.69) is 6.08 Å². The Morgan fingerprint density at radius 2 is 2.15 bits per heavy atom. The summed E-state index contributed by atoms with van der Waals surface area (Å²) in [6.07, 6.45) is 2.06. The molecule has 0 radical (unpaired) electrons. The second kappa shape index (κ2) is 4.45. The van der Waals surface area contributed by atoms with Gasteiger partial charge in [0.15, 0.2) is 0 Å². The lowest BCUT2D eigenvalue weighted by Crippen LogP contribution is -1.97. The summed E-state index contributed by atoms with van der Waals surface area (Å²) in [6, 6.07) is 5.92. The second-order valence-electron chi connectivity index (χ2n) is 3.25. The predicted octanol–water partition coefficient (Wildman–Crippen LogP) is 3.22. The van der Waals surface area contributed by atoms with E-state index in [0.29, 0.717) is 6.54 Å². The highest BCUT2D eigenvalue weighted by Gasteiger charge is 2.01. The van der Waals surface area contributed by atoms with Crippen molar-refractivity contribution < 1.29 is 0 Å². The fourth-order valence-electron chi connectivity index (χ4n) is 1.18. The van der Waals surface area contributed by atoms with Crippen molar-refractivity contribution in [1.29, 1.82) is 0 Å². The van der Waals surface area contributed by atoms with Gasteiger partial charge in [0.2, 0.25) is 0 Å². The van der Waals surface area contributed by atoms with Crippen LogP contribution in [0, 0.1) is 0 Å². The van der Waals surface area contributed by atoms with E-state index in [0.717, 1.165) is 16.1 Å². The number of halogens is 1. The van der Waals surface area contributed by atoms with Crippen LogP contribution in [0.5, 0.6) is 0 Å². The Morgan fingerprint density at radius 1 is 1.46 bits per heavy atom. The molecule has 0 unspecified atom stereocenters. The number of nitrogens with two attached hydrogens (primary N) is 1. The molecule has 0 saturated carbocycles. The van der Waals surface area contributed by atoms with Crippen LogP contribution in [-0.2, 0) is 6.54 Å². The number of rotatable bonds is 2. The van der Waals surface area contributed by atoms with Crippen molar-refractivity contribution in [2.45, 2.75) is 20.4 Å². The second-order valence-corrected chi connectivity index (χ2v) is 3.62. The van der Waals surface area contributed by atoms with Gasteiger partial charge in [-0.15, -0.1) is 0 Å². The lowest BCUT2D eigenvalue weighted by Gasteiger charge is -2.04. The molecule has 0 saturated heterocycles. The van der Waals surface area contributed by atoms with Gasteiger partial charge in [-0.05, 0) is 25.0 Å². The van der Waals surface area contributed by atoms with Gasteiger partial charge in [-0.3, -0.25) is 0 Å². The van der Waals surface area contributed by atoms with E-state index in [1.165, 1.54) is 5.57 Å². The van der Waals surface area contributed by atoms with Gasteiger partial charge in [0.25, 0.3) is 0 Å². The zero-order chi connectivity index (χ0) is 9.84. The molecule has 2 heteroatoms. The highest BCUT2D eigenvalue weighted by atomic mass is 35.5. The summed E-state index contributed by atoms with van der Waals surface area (Å²) >= 11 is 6.13. The molecule has 0 aliphatic heterocycles. The van der Waals surface area contributed by atoms with Crippen LogP contribution < -0.4 is 5.73 Å². The first kappa shape index (κ1) is 10.3. The molecule has 1 aromatic rings. The van der Waals surface area contributed by atoms with Crippen LogP contribution in [0.25, 0.3) is 6.08 Å². The van der Waals surface area contributed by atoms with Crippen LogP contribution in [-0.4, -0.2) is 0 Å². The van der Waals surface area contributed by atoms with Crippen molar-refractivity contribution in [1.82, 2.24) is 0 Å². The van der Waals surface area contributed by atoms with E-state index in [-0.39, 0.29) is 0 Å². The molecule has 1 nitrogen and oxygen atoms in total. The molecule has 70 valence electrons. The van der Waals surface area contributed by atoms with Crippen molar-refractivity contribution in [3.63, 3.8) is 0 Å². The normalized spacial score (nSPS) is 9.85. The van der Waals surface area contributed by atoms with Gasteiger partial charge in [-0.1, -0.05) is 41.4 Å². The molecule has 2 N–H and O–H groups in total. The summed E-state index contributed by atoms with van der Waals surface area (Å²) in [6.45, 7) is 4.58. The first-order valence-corrected chi connectivity index (χ1v) is 4.65. The number of allylic oxidation sites excluding steroid dienone is 1. The van der Waals surface area contributed by atoms with Crippen LogP contribution in [0.3, 0.4) is 0 Å². The summed E-state index contributed by atoms with van der Waals surface area (Å²) in [5.74, 6) is 0. The predicted molar refractivity (Wildman–Crippen MR) is 58.7 cm³/mol. The van der Waals surface area contributed by atoms with E-state index >= 15 is 0 Å². The maximum Gasteiger partial charge on any atom is 0.0523 e. The Morgan fingerprint density at radius 3 is 2.69 bits per heavy atom. The van der Waals surface area contributed by atoms with Crippen LogP contribution in [0.2, 0.25) is 5.02 Å². The molecular weight excluding hydrogens is 182 g/mol. The van der Waals surface area contributed by atoms with Gasteiger partial charge in [-0.25, -0.2) is 0 Å². The molecule has 0 bridgehead atoms. The number of hydrogen-bond donors (Lipinski definition) is 1. The minimum absolute atomic E-state index is 0.489. The van der Waals surface area contributed by atoms with E-state index in [4.69, 9.17) is 17.3 Å². The Kier molecular flexibility index (Phi) is 3.52. The van der Waals surface area contributed by atoms with Gasteiger partial charge in [0.05, 0.1) is 5.02 Å². The van der Waals surface area contributed by atoms with Crippen molar-refractivity contribution in [3.05, 3.63) is 39.9 Å². The molecule has 13 heavy (non-hydrogen) atoms. The minimum Gasteiger partial charge on any atom is -0.326 e. The minimum atomic E-state index is 0.489. The van der Waals surface area contributed by atoms with E-state index < -0.39 is 0 Å². The van der Waals surface area contributed by atoms with Gasteiger partial charge in [-0.2, -0.15) is 0 Å². The smallest absolute Gasteiger partial charge is 0.0523 e. The first-order valence-electron chi connectivity index (χ1n) is 4.27. The van der Waals surface area contributed by atoms with Crippen LogP contribution in [0.15, 0.2) is 23.8 Å². The van der Waals surface area contributed by atoms with Crippen molar-refractivity contribution in [2.75, 3.05) is 0 Å². The maximum atomic E-state index is 6.13. The molecule has 0 aliphatic rings. The average Bonchev–Trinajstić information content (AvgIpc) is 2.08. The molecule has 1 rings (SSSR count). The number of benzene rings is 1. The summed E-state index contributed by atoms with van der Waals surface area (Å²) in [5, 5.41) is 0.770. The Hall–Kier alpha value is -0.790. The highest BCUT2D eigenvalue weighted by Crippen LogP contribution is 2.22. The lowest BCUT2D eigenvalue weighted by molar-refractivity contribution is 1.07. The monoisotopic (exact) mass is 195 g/mol. The molecule has 0 atom stereocenters. The molecule has 0 aliphatic carbocycles. The zero-order valence-electron chi connectivity index (χ0n) is 7.97. The van der Waals surface area contributed by atoms with Crippen molar-refractivity contribution in [3.8, 4) is 0 Å². The van der Waals surface area contributed by atoms with Crippen LogP contribution in [0.4, 0.5) is 0 Å². The molecule has 0 spiro atoms. The highest BCUT2D eigenvalue weighted by molar-refractivity contribution is 6.32. The Bertz CT molecular complexity index is 325. The average molecular weight is 196 g/mol. The maximum absolute atomic E-state index is 6.13. The fraction of sp³-hybridized carbons (Fsp3) is 0.273. The molecule has 0 aromatic heterocycles. The van der Waals surface area contributed by atoms with E-state index in [1.54, 1.807) is 0 Å². The van der Waals surface area contributed by atoms with Crippen molar-refractivity contribution >= 4 is 17.7 Å². The summed E-state index contributed by atoms with van der Waals surface area (Å²) < 4.78 is 0. The molecular formula is C11H14ClN. The van der Waals surface area contributed by atoms with E-state index in [1.807, 2.05) is 32.0 Å². The topological polar surface area (TPSA) is 26.0 Å². The van der Waals surface area contributed by atoms with Gasteiger partial charge in [0.1, 0.15) is 0 Å². The standard InChI is InChI=1S/C11H14ClN/c1-8(2)6-9-4-3-5-10(7-13)11(9)12/h3-6H,7,13H2,1-2H3. The molecule has 0 amide bonds. The SMILES string of the molecule is CC(C)=Cc1cccc(CN)c1Cl. The van der Waals surface area contributed by atoms with Gasteiger partial charge >= 0.3 is 0 Å². The molecule has 0 fully saturated rings. The largest absolute Gasteiger partial charge is 0.326 e. The molecule has 0 heterocycles. The Balaban J connectivity index is 3.16.